The summed E-state index contributed by atoms with van der Waals surface area (Å²) in [7, 11) is 0. The van der Waals surface area contributed by atoms with E-state index in [9.17, 15) is 22.8 Å². The van der Waals surface area contributed by atoms with Crippen molar-refractivity contribution < 1.29 is 22.8 Å². The van der Waals surface area contributed by atoms with Gasteiger partial charge in [0.25, 0.3) is 0 Å². The smallest absolute Gasteiger partial charge is 0.313 e. The van der Waals surface area contributed by atoms with Gasteiger partial charge in [-0.15, -0.1) is 0 Å². The number of nitrogens with zero attached hydrogens (tertiary/aromatic N) is 4. The van der Waals surface area contributed by atoms with Gasteiger partial charge >= 0.3 is 11.8 Å². The number of halogens is 3. The number of benzene rings is 1. The number of hydrogen-bond acceptors (Lipinski definition) is 5. The van der Waals surface area contributed by atoms with Crippen LogP contribution in [0.3, 0.4) is 0 Å². The van der Waals surface area contributed by atoms with Crippen molar-refractivity contribution in [1.82, 2.24) is 14.9 Å². The molecule has 2 amide bonds. The number of anilines is 2. The first-order valence-corrected chi connectivity index (χ1v) is 7.73. The SMILES string of the molecule is O=C(Nc1ccc(F)c(F)c1F)C(=O)N1CCN(c2ncccn2)CC1. The van der Waals surface area contributed by atoms with Crippen LogP contribution in [0.25, 0.3) is 0 Å². The van der Waals surface area contributed by atoms with Crippen molar-refractivity contribution in [1.29, 1.82) is 0 Å². The summed E-state index contributed by atoms with van der Waals surface area (Å²) in [4.78, 5) is 35.5. The Kier molecular flexibility index (Phi) is 5.01. The topological polar surface area (TPSA) is 78.4 Å². The third kappa shape index (κ3) is 3.58. The summed E-state index contributed by atoms with van der Waals surface area (Å²) in [5.74, 6) is -6.15. The molecule has 0 atom stereocenters. The van der Waals surface area contributed by atoms with Crippen molar-refractivity contribution in [3.63, 3.8) is 0 Å². The fraction of sp³-hybridized carbons (Fsp3) is 0.250. The van der Waals surface area contributed by atoms with E-state index in [1.807, 2.05) is 10.2 Å². The van der Waals surface area contributed by atoms with Crippen LogP contribution in [0.2, 0.25) is 0 Å². The molecule has 0 aliphatic carbocycles. The second-order valence-corrected chi connectivity index (χ2v) is 5.51. The van der Waals surface area contributed by atoms with Gasteiger partial charge in [-0.05, 0) is 18.2 Å². The Hall–Kier alpha value is -3.17. The highest BCUT2D eigenvalue weighted by Crippen LogP contribution is 2.19. The maximum absolute atomic E-state index is 13.6. The van der Waals surface area contributed by atoms with E-state index in [1.54, 1.807) is 18.5 Å². The Balaban J connectivity index is 1.60. The molecule has 2 heterocycles. The van der Waals surface area contributed by atoms with Gasteiger partial charge in [0.15, 0.2) is 17.5 Å². The van der Waals surface area contributed by atoms with E-state index in [4.69, 9.17) is 0 Å². The predicted octanol–water partition coefficient (Wildman–Crippen LogP) is 1.18. The third-order valence-electron chi connectivity index (χ3n) is 3.88. The molecule has 3 rings (SSSR count). The third-order valence-corrected chi connectivity index (χ3v) is 3.88. The van der Waals surface area contributed by atoms with Crippen LogP contribution in [0.5, 0.6) is 0 Å². The van der Waals surface area contributed by atoms with Crippen LogP contribution in [0.15, 0.2) is 30.6 Å². The molecular formula is C16H14F3N5O2. The lowest BCUT2D eigenvalue weighted by atomic mass is 10.2. The van der Waals surface area contributed by atoms with Crippen LogP contribution in [0, 0.1) is 17.5 Å². The zero-order valence-corrected chi connectivity index (χ0v) is 13.5. The summed E-state index contributed by atoms with van der Waals surface area (Å²) < 4.78 is 39.7. The summed E-state index contributed by atoms with van der Waals surface area (Å²) in [6.07, 6.45) is 3.20. The number of nitrogens with one attached hydrogen (secondary N) is 1. The standard InChI is InChI=1S/C16H14F3N5O2/c17-10-2-3-11(13(19)12(10)18)22-14(25)15(26)23-6-8-24(9-7-23)16-20-4-1-5-21-16/h1-5H,6-9H2,(H,22,25). The van der Waals surface area contributed by atoms with Gasteiger partial charge in [0.2, 0.25) is 5.95 Å². The van der Waals surface area contributed by atoms with E-state index in [-0.39, 0.29) is 13.1 Å². The molecule has 1 N–H and O–H groups in total. The molecule has 1 saturated heterocycles. The van der Waals surface area contributed by atoms with Gasteiger partial charge in [-0.3, -0.25) is 9.59 Å². The monoisotopic (exact) mass is 365 g/mol. The largest absolute Gasteiger partial charge is 0.337 e. The van der Waals surface area contributed by atoms with Crippen molar-refractivity contribution in [2.75, 3.05) is 36.4 Å². The molecule has 7 nitrogen and oxygen atoms in total. The number of amides is 2. The van der Waals surface area contributed by atoms with E-state index >= 15 is 0 Å². The summed E-state index contributed by atoms with van der Waals surface area (Å²) >= 11 is 0. The van der Waals surface area contributed by atoms with Crippen LogP contribution < -0.4 is 10.2 Å². The predicted molar refractivity (Wildman–Crippen MR) is 85.8 cm³/mol. The van der Waals surface area contributed by atoms with Gasteiger partial charge in [-0.25, -0.2) is 23.1 Å². The van der Waals surface area contributed by atoms with Gasteiger partial charge in [0.1, 0.15) is 0 Å². The fourth-order valence-electron chi connectivity index (χ4n) is 2.51. The molecule has 0 saturated carbocycles. The molecule has 10 heteroatoms. The van der Waals surface area contributed by atoms with Crippen LogP contribution in [-0.4, -0.2) is 52.9 Å². The normalized spacial score (nSPS) is 14.3. The molecule has 0 unspecified atom stereocenters. The lowest BCUT2D eigenvalue weighted by Crippen LogP contribution is -2.52. The van der Waals surface area contributed by atoms with E-state index in [1.165, 1.54) is 4.90 Å². The molecule has 2 aromatic rings. The lowest BCUT2D eigenvalue weighted by molar-refractivity contribution is -0.143. The summed E-state index contributed by atoms with van der Waals surface area (Å²) in [5, 5.41) is 1.97. The zero-order valence-electron chi connectivity index (χ0n) is 13.5. The Morgan fingerprint density at radius 1 is 0.962 bits per heavy atom. The van der Waals surface area contributed by atoms with Gasteiger partial charge in [0, 0.05) is 38.6 Å². The maximum Gasteiger partial charge on any atom is 0.313 e. The lowest BCUT2D eigenvalue weighted by Gasteiger charge is -2.34. The number of piperazine rings is 1. The number of hydrogen-bond donors (Lipinski definition) is 1. The van der Waals surface area contributed by atoms with Gasteiger partial charge in [0.05, 0.1) is 5.69 Å². The summed E-state index contributed by atoms with van der Waals surface area (Å²) in [6.45, 7) is 1.32. The highest BCUT2D eigenvalue weighted by Gasteiger charge is 2.28. The van der Waals surface area contributed by atoms with Crippen LogP contribution in [-0.2, 0) is 9.59 Å². The number of aromatic nitrogens is 2. The first kappa shape index (κ1) is 17.6. The van der Waals surface area contributed by atoms with Crippen LogP contribution in [0.4, 0.5) is 24.8 Å². The molecular weight excluding hydrogens is 351 g/mol. The first-order chi connectivity index (χ1) is 12.5. The Morgan fingerprint density at radius 2 is 1.62 bits per heavy atom. The van der Waals surface area contributed by atoms with Crippen molar-refractivity contribution in [2.24, 2.45) is 0 Å². The highest BCUT2D eigenvalue weighted by atomic mass is 19.2. The molecule has 1 aromatic heterocycles. The Morgan fingerprint density at radius 3 is 2.27 bits per heavy atom. The van der Waals surface area contributed by atoms with Crippen molar-refractivity contribution in [3.8, 4) is 0 Å². The second kappa shape index (κ2) is 7.38. The fourth-order valence-corrected chi connectivity index (χ4v) is 2.51. The minimum atomic E-state index is -1.72. The van der Waals surface area contributed by atoms with Gasteiger partial charge in [-0.2, -0.15) is 0 Å². The van der Waals surface area contributed by atoms with Gasteiger partial charge < -0.3 is 15.1 Å². The van der Waals surface area contributed by atoms with E-state index in [0.29, 0.717) is 25.1 Å². The number of carbonyl (C=O) groups is 2. The van der Waals surface area contributed by atoms with Crippen LogP contribution >= 0.6 is 0 Å². The minimum Gasteiger partial charge on any atom is -0.337 e. The molecule has 1 aliphatic rings. The maximum atomic E-state index is 13.6. The van der Waals surface area contributed by atoms with Crippen molar-refractivity contribution in [2.45, 2.75) is 0 Å². The van der Waals surface area contributed by atoms with E-state index in [2.05, 4.69) is 9.97 Å². The van der Waals surface area contributed by atoms with Crippen molar-refractivity contribution in [3.05, 3.63) is 48.0 Å². The Bertz CT molecular complexity index is 826. The molecule has 0 radical (unpaired) electrons. The number of rotatable bonds is 2. The molecule has 136 valence electrons. The highest BCUT2D eigenvalue weighted by molar-refractivity contribution is 6.39. The molecule has 0 spiro atoms. The summed E-state index contributed by atoms with van der Waals surface area (Å²) in [6, 6.07) is 3.20. The second-order valence-electron chi connectivity index (χ2n) is 5.51. The average molecular weight is 365 g/mol. The molecule has 26 heavy (non-hydrogen) atoms. The van der Waals surface area contributed by atoms with Crippen molar-refractivity contribution >= 4 is 23.5 Å². The van der Waals surface area contributed by atoms with Crippen LogP contribution in [0.1, 0.15) is 0 Å². The molecule has 0 bridgehead atoms. The van der Waals surface area contributed by atoms with E-state index in [0.717, 1.165) is 6.07 Å². The number of carbonyl (C=O) groups excluding carboxylic acids is 2. The van der Waals surface area contributed by atoms with E-state index < -0.39 is 35.0 Å². The molecule has 1 fully saturated rings. The Labute approximate surface area is 146 Å². The quantitative estimate of drug-likeness (QED) is 0.639. The van der Waals surface area contributed by atoms with Gasteiger partial charge in [-0.1, -0.05) is 0 Å². The minimum absolute atomic E-state index is 0.241. The summed E-state index contributed by atoms with van der Waals surface area (Å²) in [5.41, 5.74) is -0.599. The zero-order chi connectivity index (χ0) is 18.7. The molecule has 1 aliphatic heterocycles. The average Bonchev–Trinajstić information content (AvgIpc) is 2.68. The molecule has 1 aromatic carbocycles. The first-order valence-electron chi connectivity index (χ1n) is 7.73.